The fourth-order valence-corrected chi connectivity index (χ4v) is 12.8. The molecule has 0 aliphatic heterocycles. The molecule has 0 aliphatic rings. The number of fused-ring (bicyclic) bond motifs is 6. The molecule has 0 bridgehead atoms. The van der Waals surface area contributed by atoms with Gasteiger partial charge in [-0.15, -0.1) is 0 Å². The summed E-state index contributed by atoms with van der Waals surface area (Å²) in [6.45, 7) is 0. The first-order chi connectivity index (χ1) is 47.5. The summed E-state index contributed by atoms with van der Waals surface area (Å²) >= 11 is 0. The SMILES string of the molecule is N#Cc1cccc(-c2ccc(-n3c4ccccc4c4cc(-c5nc(-c6ccccc6)nc(-c6ccccc6)n5)ccc43)c(-c3nc(-c4ccccc4)nc(-c4cc(C#N)ccc4-n4c5ccccc5c5cc(-c6nc(-c7ccccc7)nc(-c7ccccc7)n6)ccc54)n3)c2)c1. The van der Waals surface area contributed by atoms with Crippen molar-refractivity contribution in [1.82, 2.24) is 54.0 Å². The van der Waals surface area contributed by atoms with Gasteiger partial charge in [-0.25, -0.2) is 44.9 Å². The van der Waals surface area contributed by atoms with Crippen molar-refractivity contribution in [2.45, 2.75) is 0 Å². The van der Waals surface area contributed by atoms with Crippen LogP contribution < -0.4 is 0 Å². The Morgan fingerprint density at radius 2 is 0.510 bits per heavy atom. The molecule has 13 heteroatoms. The van der Waals surface area contributed by atoms with E-state index in [0.717, 1.165) is 105 Å². The van der Waals surface area contributed by atoms with Gasteiger partial charge in [0.05, 0.1) is 56.7 Å². The molecule has 0 amide bonds. The lowest BCUT2D eigenvalue weighted by molar-refractivity contribution is 1.06. The summed E-state index contributed by atoms with van der Waals surface area (Å²) in [7, 11) is 0. The first-order valence-electron chi connectivity index (χ1n) is 31.3. The molecule has 96 heavy (non-hydrogen) atoms. The molecular formula is C83H49N13. The van der Waals surface area contributed by atoms with Gasteiger partial charge in [-0.05, 0) is 102 Å². The Bertz CT molecular complexity index is 5860. The van der Waals surface area contributed by atoms with Gasteiger partial charge in [0.2, 0.25) is 0 Å². The Morgan fingerprint density at radius 1 is 0.208 bits per heavy atom. The van der Waals surface area contributed by atoms with E-state index in [0.29, 0.717) is 74.7 Å². The Labute approximate surface area is 550 Å². The Morgan fingerprint density at radius 3 is 0.927 bits per heavy atom. The Kier molecular flexibility index (Phi) is 13.9. The normalized spacial score (nSPS) is 11.3. The molecule has 0 saturated heterocycles. The summed E-state index contributed by atoms with van der Waals surface area (Å²) in [5.74, 6) is 4.51. The van der Waals surface area contributed by atoms with Crippen LogP contribution in [0.3, 0.4) is 0 Å². The molecule has 5 aromatic heterocycles. The average molecular weight is 1230 g/mol. The number of hydrogen-bond donors (Lipinski definition) is 0. The van der Waals surface area contributed by atoms with Crippen molar-refractivity contribution in [1.29, 1.82) is 10.5 Å². The number of benzene rings is 12. The van der Waals surface area contributed by atoms with E-state index in [1.165, 1.54) is 0 Å². The molecule has 0 aliphatic carbocycles. The first-order valence-corrected chi connectivity index (χ1v) is 31.3. The van der Waals surface area contributed by atoms with Crippen molar-refractivity contribution in [2.24, 2.45) is 0 Å². The van der Waals surface area contributed by atoms with Crippen LogP contribution in [0.15, 0.2) is 297 Å². The van der Waals surface area contributed by atoms with Gasteiger partial charge in [0, 0.05) is 71.6 Å². The molecule has 17 rings (SSSR count). The smallest absolute Gasteiger partial charge is 0.166 e. The zero-order valence-electron chi connectivity index (χ0n) is 51.1. The van der Waals surface area contributed by atoms with Crippen molar-refractivity contribution >= 4 is 43.6 Å². The molecule has 0 N–H and O–H groups in total. The second-order valence-electron chi connectivity index (χ2n) is 23.2. The van der Waals surface area contributed by atoms with Gasteiger partial charge >= 0.3 is 0 Å². The number of rotatable bonds is 12. The molecule has 0 unspecified atom stereocenters. The summed E-state index contributed by atoms with van der Waals surface area (Å²) in [6, 6.07) is 104. The van der Waals surface area contributed by atoms with Crippen LogP contribution in [0.1, 0.15) is 11.1 Å². The Hall–Kier alpha value is -13.8. The molecule has 17 aromatic rings. The van der Waals surface area contributed by atoms with Crippen LogP contribution in [0.25, 0.3) is 169 Å². The minimum atomic E-state index is 0.345. The monoisotopic (exact) mass is 1230 g/mol. The van der Waals surface area contributed by atoms with E-state index in [9.17, 15) is 10.5 Å². The van der Waals surface area contributed by atoms with Crippen molar-refractivity contribution in [3.05, 3.63) is 308 Å². The van der Waals surface area contributed by atoms with Crippen LogP contribution in [0.5, 0.6) is 0 Å². The van der Waals surface area contributed by atoms with Gasteiger partial charge < -0.3 is 9.13 Å². The maximum atomic E-state index is 10.8. The third kappa shape index (κ3) is 10.2. The van der Waals surface area contributed by atoms with Crippen LogP contribution in [0.2, 0.25) is 0 Å². The average Bonchev–Trinajstić information content (AvgIpc) is 1.75. The van der Waals surface area contributed by atoms with Crippen molar-refractivity contribution in [3.63, 3.8) is 0 Å². The fourth-order valence-electron chi connectivity index (χ4n) is 12.8. The highest BCUT2D eigenvalue weighted by Crippen LogP contribution is 2.43. The summed E-state index contributed by atoms with van der Waals surface area (Å²) in [5.41, 5.74) is 15.1. The zero-order chi connectivity index (χ0) is 64.1. The standard InChI is InChI=1S/C83H49N13/c84-50-52-21-20-32-59(45-52)60-38-42-74(96-70-36-19-17-34-64(70)66-49-62(40-44-72(66)96)81-90-77(56-26-10-3-11-27-56)87-78(91-81)57-28-12-4-13-29-57)68(47-60)83-93-79(58-30-14-5-15-31-58)92-82(94-83)67-46-53(51-85)37-41-73(67)95-69-35-18-16-33-63(69)65-48-61(39-43-71(65)95)80-88-75(54-22-6-1-7-23-54)86-76(89-80)55-24-8-2-9-25-55/h1-49H. The van der Waals surface area contributed by atoms with Crippen LogP contribution in [-0.2, 0) is 0 Å². The molecule has 0 spiro atoms. The molecule has 0 fully saturated rings. The lowest BCUT2D eigenvalue weighted by Gasteiger charge is -2.18. The lowest BCUT2D eigenvalue weighted by Crippen LogP contribution is -2.06. The van der Waals surface area contributed by atoms with Crippen LogP contribution in [-0.4, -0.2) is 54.0 Å². The maximum Gasteiger partial charge on any atom is 0.166 e. The minimum Gasteiger partial charge on any atom is -0.309 e. The highest BCUT2D eigenvalue weighted by Gasteiger charge is 2.25. The molecule has 13 nitrogen and oxygen atoms in total. The topological polar surface area (TPSA) is 173 Å². The van der Waals surface area contributed by atoms with Gasteiger partial charge in [-0.3, -0.25) is 0 Å². The molecule has 0 atom stereocenters. The van der Waals surface area contributed by atoms with E-state index in [2.05, 4.69) is 112 Å². The molecule has 446 valence electrons. The second kappa shape index (κ2) is 23.8. The molecule has 12 aromatic carbocycles. The van der Waals surface area contributed by atoms with Crippen molar-refractivity contribution < 1.29 is 0 Å². The summed E-state index contributed by atoms with van der Waals surface area (Å²) in [4.78, 5) is 46.8. The summed E-state index contributed by atoms with van der Waals surface area (Å²) < 4.78 is 4.48. The number of aromatic nitrogens is 11. The van der Waals surface area contributed by atoms with Crippen LogP contribution in [0.4, 0.5) is 0 Å². The molecule has 0 radical (unpaired) electrons. The van der Waals surface area contributed by atoms with Gasteiger partial charge in [-0.2, -0.15) is 10.5 Å². The third-order valence-electron chi connectivity index (χ3n) is 17.3. The summed E-state index contributed by atoms with van der Waals surface area (Å²) in [5, 5.41) is 24.9. The molecular weight excluding hydrogens is 1180 g/mol. The number of para-hydroxylation sites is 2. The maximum absolute atomic E-state index is 10.8. The first kappa shape index (κ1) is 56.2. The van der Waals surface area contributed by atoms with Gasteiger partial charge in [0.15, 0.2) is 52.4 Å². The van der Waals surface area contributed by atoms with E-state index in [1.54, 1.807) is 6.07 Å². The molecule has 5 heterocycles. The fraction of sp³-hybridized carbons (Fsp3) is 0. The van der Waals surface area contributed by atoms with Crippen molar-refractivity contribution in [2.75, 3.05) is 0 Å². The Balaban J connectivity index is 0.870. The predicted molar refractivity (Wildman–Crippen MR) is 379 cm³/mol. The minimum absolute atomic E-state index is 0.345. The number of hydrogen-bond acceptors (Lipinski definition) is 11. The van der Waals surface area contributed by atoms with Crippen LogP contribution >= 0.6 is 0 Å². The summed E-state index contributed by atoms with van der Waals surface area (Å²) in [6.07, 6.45) is 0. The molecule has 0 saturated carbocycles. The van der Waals surface area contributed by atoms with Gasteiger partial charge in [-0.1, -0.05) is 206 Å². The zero-order valence-corrected chi connectivity index (χ0v) is 51.1. The van der Waals surface area contributed by atoms with E-state index >= 15 is 0 Å². The van der Waals surface area contributed by atoms with E-state index in [1.807, 2.05) is 200 Å². The van der Waals surface area contributed by atoms with Crippen molar-refractivity contribution in [3.8, 4) is 137 Å². The second-order valence-corrected chi connectivity index (χ2v) is 23.2. The van der Waals surface area contributed by atoms with E-state index < -0.39 is 0 Å². The van der Waals surface area contributed by atoms with Gasteiger partial charge in [0.1, 0.15) is 0 Å². The van der Waals surface area contributed by atoms with E-state index in [4.69, 9.17) is 44.9 Å². The van der Waals surface area contributed by atoms with Crippen LogP contribution in [0, 0.1) is 22.7 Å². The highest BCUT2D eigenvalue weighted by molar-refractivity contribution is 6.12. The lowest BCUT2D eigenvalue weighted by atomic mass is 9.99. The highest BCUT2D eigenvalue weighted by atomic mass is 15.1. The third-order valence-corrected chi connectivity index (χ3v) is 17.3. The quantitative estimate of drug-likeness (QED) is 0.114. The van der Waals surface area contributed by atoms with Gasteiger partial charge in [0.25, 0.3) is 0 Å². The number of nitrogens with zero attached hydrogens (tertiary/aromatic N) is 13. The predicted octanol–water partition coefficient (Wildman–Crippen LogP) is 18.8. The van der Waals surface area contributed by atoms with E-state index in [-0.39, 0.29) is 0 Å². The largest absolute Gasteiger partial charge is 0.309 e. The number of nitriles is 2.